The van der Waals surface area contributed by atoms with Crippen LogP contribution >= 0.6 is 11.8 Å². The molecule has 0 aliphatic carbocycles. The summed E-state index contributed by atoms with van der Waals surface area (Å²) in [6.45, 7) is 1.23. The Balaban J connectivity index is 1.51. The SMILES string of the molecule is O=C(CN1C(=O)SC(=Cc2cccn2-c2ccccc2)C1=O)N1CCCCC1. The molecule has 2 fully saturated rings. The molecule has 6 nitrogen and oxygen atoms in total. The fourth-order valence-corrected chi connectivity index (χ4v) is 4.31. The predicted octanol–water partition coefficient (Wildman–Crippen LogP) is 3.53. The quantitative estimate of drug-likeness (QED) is 0.743. The van der Waals surface area contributed by atoms with E-state index in [4.69, 9.17) is 0 Å². The predicted molar refractivity (Wildman–Crippen MR) is 109 cm³/mol. The van der Waals surface area contributed by atoms with Gasteiger partial charge in [-0.1, -0.05) is 18.2 Å². The van der Waals surface area contributed by atoms with Gasteiger partial charge in [0.05, 0.1) is 4.91 Å². The summed E-state index contributed by atoms with van der Waals surface area (Å²) in [6.07, 6.45) is 6.69. The van der Waals surface area contributed by atoms with E-state index in [9.17, 15) is 14.4 Å². The minimum Gasteiger partial charge on any atom is -0.341 e. The zero-order chi connectivity index (χ0) is 19.5. The third-order valence-electron chi connectivity index (χ3n) is 4.97. The number of benzene rings is 1. The van der Waals surface area contributed by atoms with E-state index in [-0.39, 0.29) is 17.7 Å². The molecule has 0 spiro atoms. The Kier molecular flexibility index (Phi) is 5.34. The lowest BCUT2D eigenvalue weighted by Crippen LogP contribution is -2.44. The highest BCUT2D eigenvalue weighted by atomic mass is 32.2. The number of amides is 3. The molecule has 1 aromatic heterocycles. The molecule has 28 heavy (non-hydrogen) atoms. The van der Waals surface area contributed by atoms with Crippen molar-refractivity contribution < 1.29 is 14.4 Å². The van der Waals surface area contributed by atoms with Gasteiger partial charge in [-0.25, -0.2) is 0 Å². The van der Waals surface area contributed by atoms with E-state index in [1.807, 2.05) is 53.2 Å². The van der Waals surface area contributed by atoms with Crippen molar-refractivity contribution in [2.24, 2.45) is 0 Å². The van der Waals surface area contributed by atoms with E-state index >= 15 is 0 Å². The smallest absolute Gasteiger partial charge is 0.294 e. The number of thioether (sulfide) groups is 1. The normalized spacial score (nSPS) is 18.9. The van der Waals surface area contributed by atoms with Crippen LogP contribution in [0.25, 0.3) is 11.8 Å². The van der Waals surface area contributed by atoms with Gasteiger partial charge in [-0.2, -0.15) is 0 Å². The molecule has 0 N–H and O–H groups in total. The lowest BCUT2D eigenvalue weighted by Gasteiger charge is -2.27. The van der Waals surface area contributed by atoms with Gasteiger partial charge in [0, 0.05) is 30.7 Å². The minimum absolute atomic E-state index is 0.157. The van der Waals surface area contributed by atoms with Gasteiger partial charge in [0.2, 0.25) is 5.91 Å². The number of piperidine rings is 1. The molecule has 144 valence electrons. The Labute approximate surface area is 167 Å². The highest BCUT2D eigenvalue weighted by Gasteiger charge is 2.37. The molecule has 2 aliphatic heterocycles. The maximum atomic E-state index is 12.7. The zero-order valence-electron chi connectivity index (χ0n) is 15.4. The lowest BCUT2D eigenvalue weighted by atomic mass is 10.1. The maximum absolute atomic E-state index is 12.7. The Hall–Kier alpha value is -2.80. The number of likely N-dealkylation sites (tertiary alicyclic amines) is 1. The van der Waals surface area contributed by atoms with Gasteiger partial charge in [0.1, 0.15) is 6.54 Å². The Bertz CT molecular complexity index is 929. The van der Waals surface area contributed by atoms with Gasteiger partial charge in [0.25, 0.3) is 11.1 Å². The topological polar surface area (TPSA) is 62.6 Å². The van der Waals surface area contributed by atoms with Crippen LogP contribution in [-0.4, -0.2) is 51.1 Å². The first-order chi connectivity index (χ1) is 13.6. The summed E-state index contributed by atoms with van der Waals surface area (Å²) in [6, 6.07) is 13.6. The van der Waals surface area contributed by atoms with Crippen molar-refractivity contribution in [3.63, 3.8) is 0 Å². The highest BCUT2D eigenvalue weighted by molar-refractivity contribution is 8.18. The summed E-state index contributed by atoms with van der Waals surface area (Å²) in [7, 11) is 0. The summed E-state index contributed by atoms with van der Waals surface area (Å²) in [5.41, 5.74) is 1.78. The fourth-order valence-electron chi connectivity index (χ4n) is 3.48. The van der Waals surface area contributed by atoms with Crippen molar-refractivity contribution in [3.8, 4) is 5.69 Å². The molecule has 0 radical (unpaired) electrons. The number of imide groups is 1. The van der Waals surface area contributed by atoms with E-state index in [0.717, 1.165) is 47.3 Å². The first kappa shape index (κ1) is 18.6. The zero-order valence-corrected chi connectivity index (χ0v) is 16.2. The van der Waals surface area contributed by atoms with Crippen LogP contribution in [0.2, 0.25) is 0 Å². The second-order valence-corrected chi connectivity index (χ2v) is 7.84. The molecule has 1 aromatic carbocycles. The van der Waals surface area contributed by atoms with Crippen LogP contribution < -0.4 is 0 Å². The van der Waals surface area contributed by atoms with Crippen molar-refractivity contribution in [1.82, 2.24) is 14.4 Å². The molecule has 2 aliphatic rings. The summed E-state index contributed by atoms with van der Waals surface area (Å²) < 4.78 is 1.95. The monoisotopic (exact) mass is 395 g/mol. The molecule has 0 unspecified atom stereocenters. The number of aromatic nitrogens is 1. The van der Waals surface area contributed by atoms with Gasteiger partial charge in [-0.15, -0.1) is 0 Å². The molecule has 0 bridgehead atoms. The molecular weight excluding hydrogens is 374 g/mol. The van der Waals surface area contributed by atoms with E-state index in [2.05, 4.69) is 0 Å². The molecule has 0 atom stereocenters. The van der Waals surface area contributed by atoms with Crippen molar-refractivity contribution in [2.45, 2.75) is 19.3 Å². The van der Waals surface area contributed by atoms with E-state index in [0.29, 0.717) is 18.0 Å². The van der Waals surface area contributed by atoms with Crippen LogP contribution in [0.3, 0.4) is 0 Å². The number of hydrogen-bond acceptors (Lipinski definition) is 4. The molecule has 2 saturated heterocycles. The van der Waals surface area contributed by atoms with E-state index in [1.54, 1.807) is 11.0 Å². The molecule has 3 amide bonds. The van der Waals surface area contributed by atoms with Crippen molar-refractivity contribution in [3.05, 3.63) is 59.3 Å². The third kappa shape index (κ3) is 3.75. The molecule has 0 saturated carbocycles. The van der Waals surface area contributed by atoms with Crippen LogP contribution in [0.15, 0.2) is 53.6 Å². The van der Waals surface area contributed by atoms with Crippen LogP contribution in [0.1, 0.15) is 25.0 Å². The number of para-hydroxylation sites is 1. The van der Waals surface area contributed by atoms with Gasteiger partial charge in [0.15, 0.2) is 0 Å². The van der Waals surface area contributed by atoms with Crippen LogP contribution in [0.5, 0.6) is 0 Å². The summed E-state index contributed by atoms with van der Waals surface area (Å²) in [5, 5.41) is -0.389. The van der Waals surface area contributed by atoms with Crippen LogP contribution in [0.4, 0.5) is 4.79 Å². The molecular formula is C21H21N3O3S. The van der Waals surface area contributed by atoms with Gasteiger partial charge >= 0.3 is 0 Å². The average molecular weight is 395 g/mol. The first-order valence-corrected chi connectivity index (χ1v) is 10.2. The largest absolute Gasteiger partial charge is 0.341 e. The van der Waals surface area contributed by atoms with Crippen molar-refractivity contribution in [1.29, 1.82) is 0 Å². The lowest BCUT2D eigenvalue weighted by molar-refractivity contribution is -0.136. The van der Waals surface area contributed by atoms with Gasteiger partial charge < -0.3 is 9.47 Å². The summed E-state index contributed by atoms with van der Waals surface area (Å²) >= 11 is 0.887. The number of rotatable bonds is 4. The highest BCUT2D eigenvalue weighted by Crippen LogP contribution is 2.32. The molecule has 2 aromatic rings. The van der Waals surface area contributed by atoms with Gasteiger partial charge in [-0.05, 0) is 61.4 Å². The fraction of sp³-hybridized carbons (Fsp3) is 0.286. The number of hydrogen-bond donors (Lipinski definition) is 0. The number of carbonyl (C=O) groups is 3. The maximum Gasteiger partial charge on any atom is 0.294 e. The molecule has 4 rings (SSSR count). The first-order valence-electron chi connectivity index (χ1n) is 9.39. The molecule has 3 heterocycles. The van der Waals surface area contributed by atoms with Crippen molar-refractivity contribution in [2.75, 3.05) is 19.6 Å². The average Bonchev–Trinajstić information content (AvgIpc) is 3.29. The third-order valence-corrected chi connectivity index (χ3v) is 5.88. The van der Waals surface area contributed by atoms with E-state index in [1.165, 1.54) is 0 Å². The van der Waals surface area contributed by atoms with Crippen LogP contribution in [-0.2, 0) is 9.59 Å². The minimum atomic E-state index is -0.402. The Morgan fingerprint density at radius 3 is 2.50 bits per heavy atom. The van der Waals surface area contributed by atoms with Crippen molar-refractivity contribution >= 4 is 34.9 Å². The summed E-state index contributed by atoms with van der Waals surface area (Å²) in [4.78, 5) is 40.7. The Morgan fingerprint density at radius 2 is 1.75 bits per heavy atom. The number of carbonyl (C=O) groups excluding carboxylic acids is 3. The number of nitrogens with zero attached hydrogens (tertiary/aromatic N) is 3. The Morgan fingerprint density at radius 1 is 1.00 bits per heavy atom. The standard InChI is InChI=1S/C21H21N3O3S/c25-19(22-11-5-2-6-12-22)15-24-20(26)18(28-21(24)27)14-17-10-7-13-23(17)16-8-3-1-4-9-16/h1,3-4,7-10,13-14H,2,5-6,11-12,15H2. The summed E-state index contributed by atoms with van der Waals surface area (Å²) in [5.74, 6) is -0.558. The van der Waals surface area contributed by atoms with E-state index < -0.39 is 5.91 Å². The second kappa shape index (κ2) is 8.06. The second-order valence-electron chi connectivity index (χ2n) is 6.85. The van der Waals surface area contributed by atoms with Gasteiger partial charge in [-0.3, -0.25) is 19.3 Å². The molecule has 7 heteroatoms. The van der Waals surface area contributed by atoms with Crippen LogP contribution in [0, 0.1) is 0 Å².